The molecule has 9 heteroatoms. The zero-order valence-corrected chi connectivity index (χ0v) is 17.9. The van der Waals surface area contributed by atoms with Gasteiger partial charge in [0.1, 0.15) is 0 Å². The molecular weight excluding hydrogens is 426 g/mol. The lowest BCUT2D eigenvalue weighted by atomic mass is 10.1. The average molecular weight is 448 g/mol. The minimum Gasteiger partial charge on any atom is -0.378 e. The minimum absolute atomic E-state index is 0.0263. The number of hydrogen-bond donors (Lipinski definition) is 3. The van der Waals surface area contributed by atoms with Gasteiger partial charge in [-0.3, -0.25) is 19.7 Å². The van der Waals surface area contributed by atoms with Crippen molar-refractivity contribution in [3.63, 3.8) is 0 Å². The SMILES string of the molecule is NC(=O)CCn1c(NC(=O)c2cccs2)nc2cc(NCC(=O)c3ccccc3)ccc21. The van der Waals surface area contributed by atoms with Crippen LogP contribution < -0.4 is 16.4 Å². The molecule has 0 aliphatic rings. The Morgan fingerprint density at radius 2 is 1.84 bits per heavy atom. The van der Waals surface area contributed by atoms with Gasteiger partial charge >= 0.3 is 0 Å². The van der Waals surface area contributed by atoms with Crippen LogP contribution in [-0.4, -0.2) is 33.7 Å². The molecule has 0 bridgehead atoms. The number of imidazole rings is 1. The number of benzene rings is 2. The number of nitrogens with two attached hydrogens (primary N) is 1. The van der Waals surface area contributed by atoms with Gasteiger partial charge in [0.2, 0.25) is 11.9 Å². The van der Waals surface area contributed by atoms with Crippen molar-refractivity contribution < 1.29 is 14.4 Å². The van der Waals surface area contributed by atoms with E-state index in [0.29, 0.717) is 21.9 Å². The number of amides is 2. The highest BCUT2D eigenvalue weighted by atomic mass is 32.1. The fraction of sp³-hybridized carbons (Fsp3) is 0.130. The predicted molar refractivity (Wildman–Crippen MR) is 125 cm³/mol. The first kappa shape index (κ1) is 21.3. The molecule has 0 spiro atoms. The molecule has 0 fully saturated rings. The van der Waals surface area contributed by atoms with E-state index < -0.39 is 5.91 Å². The van der Waals surface area contributed by atoms with Crippen LogP contribution in [0.5, 0.6) is 0 Å². The highest BCUT2D eigenvalue weighted by molar-refractivity contribution is 7.12. The fourth-order valence-corrected chi connectivity index (χ4v) is 3.88. The van der Waals surface area contributed by atoms with Crippen LogP contribution in [-0.2, 0) is 11.3 Å². The van der Waals surface area contributed by atoms with Crippen molar-refractivity contribution in [2.24, 2.45) is 5.73 Å². The fourth-order valence-electron chi connectivity index (χ4n) is 3.26. The van der Waals surface area contributed by atoms with E-state index >= 15 is 0 Å². The number of carbonyl (C=O) groups excluding carboxylic acids is 3. The number of thiophene rings is 1. The molecule has 2 aromatic carbocycles. The molecule has 4 rings (SSSR count). The van der Waals surface area contributed by atoms with Gasteiger partial charge in [0.25, 0.3) is 5.91 Å². The monoisotopic (exact) mass is 447 g/mol. The van der Waals surface area contributed by atoms with Crippen LogP contribution in [0.1, 0.15) is 26.5 Å². The number of nitrogens with one attached hydrogen (secondary N) is 2. The van der Waals surface area contributed by atoms with E-state index in [-0.39, 0.29) is 31.2 Å². The van der Waals surface area contributed by atoms with E-state index in [1.54, 1.807) is 34.9 Å². The van der Waals surface area contributed by atoms with E-state index in [1.165, 1.54) is 11.3 Å². The third kappa shape index (κ3) is 4.84. The minimum atomic E-state index is -0.444. The number of aromatic nitrogens is 2. The Kier molecular flexibility index (Phi) is 6.27. The number of primary amides is 1. The smallest absolute Gasteiger partial charge is 0.268 e. The largest absolute Gasteiger partial charge is 0.378 e. The van der Waals surface area contributed by atoms with Crippen LogP contribution in [0.2, 0.25) is 0 Å². The zero-order valence-electron chi connectivity index (χ0n) is 17.1. The van der Waals surface area contributed by atoms with Gasteiger partial charge in [-0.15, -0.1) is 11.3 Å². The number of anilines is 2. The molecule has 2 amide bonds. The highest BCUT2D eigenvalue weighted by Gasteiger charge is 2.16. The molecule has 32 heavy (non-hydrogen) atoms. The number of hydrogen-bond acceptors (Lipinski definition) is 6. The van der Waals surface area contributed by atoms with Crippen molar-refractivity contribution in [2.45, 2.75) is 13.0 Å². The van der Waals surface area contributed by atoms with Gasteiger partial charge in [0, 0.05) is 24.2 Å². The topological polar surface area (TPSA) is 119 Å². The number of fused-ring (bicyclic) bond motifs is 1. The Labute approximate surface area is 188 Å². The molecule has 2 heterocycles. The molecule has 0 radical (unpaired) electrons. The molecule has 0 atom stereocenters. The van der Waals surface area contributed by atoms with Gasteiger partial charge in [-0.05, 0) is 29.6 Å². The maximum atomic E-state index is 12.5. The van der Waals surface area contributed by atoms with Crippen LogP contribution in [0, 0.1) is 0 Å². The van der Waals surface area contributed by atoms with Crippen molar-refractivity contribution in [1.82, 2.24) is 9.55 Å². The second kappa shape index (κ2) is 9.44. The molecular formula is C23H21N5O3S. The Bertz CT molecular complexity index is 1270. The van der Waals surface area contributed by atoms with E-state index in [9.17, 15) is 14.4 Å². The van der Waals surface area contributed by atoms with Crippen molar-refractivity contribution >= 4 is 51.6 Å². The zero-order chi connectivity index (χ0) is 22.5. The van der Waals surface area contributed by atoms with Crippen LogP contribution in [0.25, 0.3) is 11.0 Å². The van der Waals surface area contributed by atoms with Crippen LogP contribution in [0.15, 0.2) is 66.0 Å². The van der Waals surface area contributed by atoms with E-state index in [0.717, 1.165) is 11.2 Å². The third-order valence-corrected chi connectivity index (χ3v) is 5.72. The molecule has 2 aromatic heterocycles. The number of aryl methyl sites for hydroxylation is 1. The molecule has 162 valence electrons. The van der Waals surface area contributed by atoms with Gasteiger partial charge in [-0.2, -0.15) is 0 Å². The number of carbonyl (C=O) groups is 3. The van der Waals surface area contributed by atoms with Crippen molar-refractivity contribution in [3.05, 3.63) is 76.5 Å². The first-order valence-electron chi connectivity index (χ1n) is 9.97. The van der Waals surface area contributed by atoms with Gasteiger partial charge in [-0.1, -0.05) is 36.4 Å². The van der Waals surface area contributed by atoms with Gasteiger partial charge in [0.05, 0.1) is 22.5 Å². The Morgan fingerprint density at radius 1 is 1.03 bits per heavy atom. The van der Waals surface area contributed by atoms with Crippen molar-refractivity contribution in [3.8, 4) is 0 Å². The summed E-state index contributed by atoms with van der Waals surface area (Å²) in [6, 6.07) is 18.0. The number of rotatable bonds is 9. The summed E-state index contributed by atoms with van der Waals surface area (Å²) >= 11 is 1.33. The predicted octanol–water partition coefficient (Wildman–Crippen LogP) is 3.52. The van der Waals surface area contributed by atoms with Gasteiger partial charge in [-0.25, -0.2) is 4.98 Å². The van der Waals surface area contributed by atoms with Crippen LogP contribution in [0.4, 0.5) is 11.6 Å². The molecule has 0 saturated carbocycles. The second-order valence-electron chi connectivity index (χ2n) is 7.08. The standard InChI is InChI=1S/C23H21N5O3S/c24-21(30)10-11-28-18-9-8-16(25-14-19(29)15-5-2-1-3-6-15)13-17(18)26-23(28)27-22(31)20-7-4-12-32-20/h1-9,12-13,25H,10-11,14H2,(H2,24,30)(H,26,27,31). The van der Waals surface area contributed by atoms with Crippen molar-refractivity contribution in [1.29, 1.82) is 0 Å². The Hall–Kier alpha value is -3.98. The lowest BCUT2D eigenvalue weighted by Gasteiger charge is -2.09. The van der Waals surface area contributed by atoms with Gasteiger partial charge in [0.15, 0.2) is 5.78 Å². The van der Waals surface area contributed by atoms with Crippen LogP contribution in [0.3, 0.4) is 0 Å². The quantitative estimate of drug-likeness (QED) is 0.339. The number of ketones is 1. The summed E-state index contributed by atoms with van der Waals surface area (Å²) in [4.78, 5) is 41.3. The van der Waals surface area contributed by atoms with Crippen LogP contribution >= 0.6 is 11.3 Å². The third-order valence-electron chi connectivity index (χ3n) is 4.85. The second-order valence-corrected chi connectivity index (χ2v) is 8.03. The Balaban J connectivity index is 1.57. The molecule has 0 unspecified atom stereocenters. The van der Waals surface area contributed by atoms with E-state index in [4.69, 9.17) is 5.73 Å². The van der Waals surface area contributed by atoms with E-state index in [1.807, 2.05) is 35.7 Å². The molecule has 8 nitrogen and oxygen atoms in total. The average Bonchev–Trinajstić information content (AvgIpc) is 3.44. The summed E-state index contributed by atoms with van der Waals surface area (Å²) in [6.07, 6.45) is 0.110. The summed E-state index contributed by atoms with van der Waals surface area (Å²) in [5.74, 6) is -0.415. The normalized spacial score (nSPS) is 10.8. The van der Waals surface area contributed by atoms with Gasteiger partial charge < -0.3 is 15.6 Å². The Morgan fingerprint density at radius 3 is 2.56 bits per heavy atom. The van der Waals surface area contributed by atoms with E-state index in [2.05, 4.69) is 15.6 Å². The first-order valence-corrected chi connectivity index (χ1v) is 10.8. The molecule has 4 N–H and O–H groups in total. The summed E-state index contributed by atoms with van der Waals surface area (Å²) in [7, 11) is 0. The molecule has 0 aliphatic heterocycles. The molecule has 4 aromatic rings. The van der Waals surface area contributed by atoms with Crippen molar-refractivity contribution in [2.75, 3.05) is 17.2 Å². The first-order chi connectivity index (χ1) is 15.5. The maximum Gasteiger partial charge on any atom is 0.268 e. The lowest BCUT2D eigenvalue weighted by molar-refractivity contribution is -0.118. The molecule has 0 saturated heterocycles. The number of Topliss-reactive ketones (excluding diaryl/α,β-unsaturated/α-hetero) is 1. The molecule has 0 aliphatic carbocycles. The summed E-state index contributed by atoms with van der Waals surface area (Å²) < 4.78 is 1.75. The summed E-state index contributed by atoms with van der Waals surface area (Å²) in [5.41, 5.74) is 8.04. The highest BCUT2D eigenvalue weighted by Crippen LogP contribution is 2.24. The summed E-state index contributed by atoms with van der Waals surface area (Å²) in [5, 5.41) is 7.75. The number of nitrogens with zero attached hydrogens (tertiary/aromatic N) is 2. The lowest BCUT2D eigenvalue weighted by Crippen LogP contribution is -2.18. The summed E-state index contributed by atoms with van der Waals surface area (Å²) in [6.45, 7) is 0.422. The maximum absolute atomic E-state index is 12.5.